The van der Waals surface area contributed by atoms with Crippen LogP contribution in [0.1, 0.15) is 18.4 Å². The predicted octanol–water partition coefficient (Wildman–Crippen LogP) is 0.662. The highest BCUT2D eigenvalue weighted by atomic mass is 16.7. The lowest BCUT2D eigenvalue weighted by Crippen LogP contribution is -2.52. The average molecular weight is 278 g/mol. The van der Waals surface area contributed by atoms with Gasteiger partial charge in [-0.15, -0.1) is 0 Å². The van der Waals surface area contributed by atoms with E-state index in [1.165, 1.54) is 5.56 Å². The molecule has 0 spiro atoms. The van der Waals surface area contributed by atoms with Gasteiger partial charge in [-0.3, -0.25) is 0 Å². The largest absolute Gasteiger partial charge is 0.454 e. The minimum absolute atomic E-state index is 0.317. The smallest absolute Gasteiger partial charge is 0.231 e. The molecule has 2 aliphatic rings. The Morgan fingerprint density at radius 3 is 3.05 bits per heavy atom. The number of β-amino-alcohol motifs (C(OH)–C–C–N with tert-alkyl or cyclic N) is 1. The van der Waals surface area contributed by atoms with Crippen LogP contribution in [0.4, 0.5) is 0 Å². The van der Waals surface area contributed by atoms with Gasteiger partial charge in [-0.05, 0) is 50.0 Å². The highest BCUT2D eigenvalue weighted by molar-refractivity contribution is 5.44. The van der Waals surface area contributed by atoms with E-state index in [0.29, 0.717) is 19.9 Å². The van der Waals surface area contributed by atoms with Gasteiger partial charge in [0.25, 0.3) is 0 Å². The van der Waals surface area contributed by atoms with E-state index < -0.39 is 5.60 Å². The molecule has 1 fully saturated rings. The van der Waals surface area contributed by atoms with Crippen LogP contribution < -0.4 is 20.1 Å². The fourth-order valence-corrected chi connectivity index (χ4v) is 2.75. The second kappa shape index (κ2) is 5.99. The van der Waals surface area contributed by atoms with E-state index in [2.05, 4.69) is 16.7 Å². The average Bonchev–Trinajstić information content (AvgIpc) is 2.92. The van der Waals surface area contributed by atoms with Crippen molar-refractivity contribution in [3.8, 4) is 11.5 Å². The Hall–Kier alpha value is -1.30. The van der Waals surface area contributed by atoms with Crippen LogP contribution in [0, 0.1) is 0 Å². The zero-order chi connectivity index (χ0) is 13.8. The molecule has 0 saturated carbocycles. The molecule has 2 heterocycles. The summed E-state index contributed by atoms with van der Waals surface area (Å²) in [5.74, 6) is 1.65. The highest BCUT2D eigenvalue weighted by Gasteiger charge is 2.28. The van der Waals surface area contributed by atoms with Crippen molar-refractivity contribution in [2.75, 3.05) is 33.0 Å². The van der Waals surface area contributed by atoms with Crippen LogP contribution in [0.2, 0.25) is 0 Å². The third kappa shape index (κ3) is 3.23. The normalized spacial score (nSPS) is 24.9. The Labute approximate surface area is 119 Å². The molecule has 2 aliphatic heterocycles. The lowest BCUT2D eigenvalue weighted by Gasteiger charge is -2.32. The molecule has 3 rings (SSSR count). The predicted molar refractivity (Wildman–Crippen MR) is 76.2 cm³/mol. The molecule has 3 N–H and O–H groups in total. The SMILES string of the molecule is O[C@]1(CNCCc2ccc3c(c2)OCO3)CCCNC1. The van der Waals surface area contributed by atoms with Gasteiger partial charge in [0, 0.05) is 13.1 Å². The topological polar surface area (TPSA) is 62.8 Å². The number of ether oxygens (including phenoxy) is 2. The maximum Gasteiger partial charge on any atom is 0.231 e. The van der Waals surface area contributed by atoms with Crippen molar-refractivity contribution < 1.29 is 14.6 Å². The first-order chi connectivity index (χ1) is 9.75. The third-order valence-electron chi connectivity index (χ3n) is 3.93. The minimum Gasteiger partial charge on any atom is -0.454 e. The fourth-order valence-electron chi connectivity index (χ4n) is 2.75. The molecule has 0 aliphatic carbocycles. The quantitative estimate of drug-likeness (QED) is 0.691. The minimum atomic E-state index is -0.590. The number of piperidine rings is 1. The van der Waals surface area contributed by atoms with Crippen LogP contribution in [0.15, 0.2) is 18.2 Å². The molecule has 110 valence electrons. The maximum atomic E-state index is 10.3. The second-order valence-electron chi connectivity index (χ2n) is 5.62. The Bertz CT molecular complexity index is 458. The van der Waals surface area contributed by atoms with Gasteiger partial charge in [-0.25, -0.2) is 0 Å². The van der Waals surface area contributed by atoms with Crippen molar-refractivity contribution in [1.82, 2.24) is 10.6 Å². The van der Waals surface area contributed by atoms with Crippen LogP contribution in [-0.2, 0) is 6.42 Å². The van der Waals surface area contributed by atoms with Crippen molar-refractivity contribution in [2.45, 2.75) is 24.9 Å². The van der Waals surface area contributed by atoms with Crippen molar-refractivity contribution in [3.63, 3.8) is 0 Å². The molecule has 0 radical (unpaired) electrons. The van der Waals surface area contributed by atoms with Gasteiger partial charge in [0.15, 0.2) is 11.5 Å². The molecular weight excluding hydrogens is 256 g/mol. The van der Waals surface area contributed by atoms with Gasteiger partial charge >= 0.3 is 0 Å². The summed E-state index contributed by atoms with van der Waals surface area (Å²) in [6.45, 7) is 3.51. The molecular formula is C15H22N2O3. The van der Waals surface area contributed by atoms with Crippen molar-refractivity contribution in [2.24, 2.45) is 0 Å². The van der Waals surface area contributed by atoms with E-state index in [9.17, 15) is 5.11 Å². The number of hydrogen-bond donors (Lipinski definition) is 3. The summed E-state index contributed by atoms with van der Waals surface area (Å²) in [5, 5.41) is 16.9. The summed E-state index contributed by atoms with van der Waals surface area (Å²) in [5.41, 5.74) is 0.628. The molecule has 1 aromatic carbocycles. The number of benzene rings is 1. The van der Waals surface area contributed by atoms with E-state index in [1.807, 2.05) is 12.1 Å². The number of hydrogen-bond acceptors (Lipinski definition) is 5. The molecule has 1 atom stereocenters. The lowest BCUT2D eigenvalue weighted by molar-refractivity contribution is 0.0174. The fraction of sp³-hybridized carbons (Fsp3) is 0.600. The van der Waals surface area contributed by atoms with Crippen LogP contribution in [0.5, 0.6) is 11.5 Å². The van der Waals surface area contributed by atoms with Gasteiger partial charge in [0.1, 0.15) is 0 Å². The van der Waals surface area contributed by atoms with E-state index in [1.54, 1.807) is 0 Å². The molecule has 0 bridgehead atoms. The first kappa shape index (κ1) is 13.7. The van der Waals surface area contributed by atoms with E-state index in [4.69, 9.17) is 9.47 Å². The van der Waals surface area contributed by atoms with Crippen LogP contribution in [-0.4, -0.2) is 43.7 Å². The number of aliphatic hydroxyl groups is 1. The first-order valence-corrected chi connectivity index (χ1v) is 7.28. The summed E-state index contributed by atoms with van der Waals surface area (Å²) >= 11 is 0. The highest BCUT2D eigenvalue weighted by Crippen LogP contribution is 2.32. The van der Waals surface area contributed by atoms with Gasteiger partial charge in [0.05, 0.1) is 5.60 Å². The monoisotopic (exact) mass is 278 g/mol. The molecule has 20 heavy (non-hydrogen) atoms. The number of rotatable bonds is 5. The zero-order valence-electron chi connectivity index (χ0n) is 11.7. The first-order valence-electron chi connectivity index (χ1n) is 7.28. The molecule has 0 amide bonds. The van der Waals surface area contributed by atoms with E-state index in [-0.39, 0.29) is 0 Å². The third-order valence-corrected chi connectivity index (χ3v) is 3.93. The van der Waals surface area contributed by atoms with Crippen molar-refractivity contribution >= 4 is 0 Å². The summed E-state index contributed by atoms with van der Waals surface area (Å²) in [6, 6.07) is 6.04. The maximum absolute atomic E-state index is 10.3. The van der Waals surface area contributed by atoms with Gasteiger partial charge < -0.3 is 25.2 Å². The van der Waals surface area contributed by atoms with E-state index >= 15 is 0 Å². The molecule has 5 heteroatoms. The summed E-state index contributed by atoms with van der Waals surface area (Å²) < 4.78 is 10.7. The van der Waals surface area contributed by atoms with Gasteiger partial charge in [0.2, 0.25) is 6.79 Å². The van der Waals surface area contributed by atoms with Crippen LogP contribution in [0.3, 0.4) is 0 Å². The van der Waals surface area contributed by atoms with Gasteiger partial charge in [-0.1, -0.05) is 6.07 Å². The number of nitrogens with one attached hydrogen (secondary N) is 2. The van der Waals surface area contributed by atoms with Crippen LogP contribution in [0.25, 0.3) is 0 Å². The summed E-state index contributed by atoms with van der Waals surface area (Å²) in [4.78, 5) is 0. The van der Waals surface area contributed by atoms with Crippen molar-refractivity contribution in [1.29, 1.82) is 0 Å². The summed E-state index contributed by atoms with van der Waals surface area (Å²) in [7, 11) is 0. The van der Waals surface area contributed by atoms with Gasteiger partial charge in [-0.2, -0.15) is 0 Å². The standard InChI is InChI=1S/C15H22N2O3/c18-15(5-1-6-16-9-15)10-17-7-4-12-2-3-13-14(8-12)20-11-19-13/h2-3,8,16-18H,1,4-7,9-11H2/t15-/m1/s1. The zero-order valence-corrected chi connectivity index (χ0v) is 11.7. The number of fused-ring (bicyclic) bond motifs is 1. The van der Waals surface area contributed by atoms with Crippen molar-refractivity contribution in [3.05, 3.63) is 23.8 Å². The molecule has 1 aromatic rings. The Kier molecular flexibility index (Phi) is 4.10. The lowest BCUT2D eigenvalue weighted by atomic mass is 9.94. The second-order valence-corrected chi connectivity index (χ2v) is 5.62. The Balaban J connectivity index is 1.43. The molecule has 0 unspecified atom stereocenters. The van der Waals surface area contributed by atoms with E-state index in [0.717, 1.165) is 43.9 Å². The Morgan fingerprint density at radius 2 is 2.20 bits per heavy atom. The summed E-state index contributed by atoms with van der Waals surface area (Å²) in [6.07, 6.45) is 2.83. The van der Waals surface area contributed by atoms with Crippen LogP contribution >= 0.6 is 0 Å². The molecule has 1 saturated heterocycles. The molecule has 5 nitrogen and oxygen atoms in total. The Morgan fingerprint density at radius 1 is 1.30 bits per heavy atom. The molecule has 0 aromatic heterocycles.